The first-order chi connectivity index (χ1) is 29.3. The Hall–Kier alpha value is -3.79. The third-order valence-electron chi connectivity index (χ3n) is 9.45. The van der Waals surface area contributed by atoms with Gasteiger partial charge < -0.3 is 59.5 Å². The second-order valence-corrected chi connectivity index (χ2v) is 16.9. The van der Waals surface area contributed by atoms with E-state index < -0.39 is 40.8 Å². The normalized spacial score (nSPS) is 16.8. The van der Waals surface area contributed by atoms with Gasteiger partial charge in [-0.15, -0.1) is 11.3 Å². The second kappa shape index (κ2) is 28.0. The van der Waals surface area contributed by atoms with Gasteiger partial charge in [0, 0.05) is 42.9 Å². The van der Waals surface area contributed by atoms with Crippen LogP contribution in [-0.4, -0.2) is 163 Å². The van der Waals surface area contributed by atoms with Gasteiger partial charge in [0.2, 0.25) is 17.7 Å². The highest BCUT2D eigenvalue weighted by atomic mass is 32.1. The molecular weight excluding hydrogens is 813 g/mol. The summed E-state index contributed by atoms with van der Waals surface area (Å²) >= 11 is 1.57. The first-order valence-electron chi connectivity index (χ1n) is 20.6. The number of amides is 3. The van der Waals surface area contributed by atoms with E-state index in [-0.39, 0.29) is 58.4 Å². The molecule has 342 valence electrons. The molecule has 3 rings (SSSR count). The van der Waals surface area contributed by atoms with Crippen molar-refractivity contribution >= 4 is 29.1 Å². The van der Waals surface area contributed by atoms with Gasteiger partial charge in [-0.25, -0.2) is 4.98 Å². The Bertz CT molecular complexity index is 1640. The van der Waals surface area contributed by atoms with Gasteiger partial charge in [-0.3, -0.25) is 14.4 Å². The van der Waals surface area contributed by atoms with Gasteiger partial charge in [0.15, 0.2) is 0 Å². The van der Waals surface area contributed by atoms with Crippen molar-refractivity contribution in [3.05, 3.63) is 51.5 Å². The fourth-order valence-corrected chi connectivity index (χ4v) is 7.06. The molecule has 0 spiro atoms. The minimum Gasteiger partial charge on any atom is -0.391 e. The number of likely N-dealkylation sites (tertiary alicyclic amines) is 1. The Balaban J connectivity index is 1.52. The number of hydrogen-bond donors (Lipinski definition) is 4. The van der Waals surface area contributed by atoms with Gasteiger partial charge in [0.25, 0.3) is 0 Å². The number of azide groups is 1. The van der Waals surface area contributed by atoms with Gasteiger partial charge >= 0.3 is 0 Å². The minimum atomic E-state index is -1.01. The Morgan fingerprint density at radius 2 is 1.49 bits per heavy atom. The van der Waals surface area contributed by atoms with Crippen molar-refractivity contribution in [2.75, 3.05) is 112 Å². The maximum absolute atomic E-state index is 14.1. The number of nitrogens with zero attached hydrogens (tertiary/aromatic N) is 5. The minimum absolute atomic E-state index is 0.0398. The van der Waals surface area contributed by atoms with Crippen LogP contribution in [0.15, 0.2) is 34.9 Å². The van der Waals surface area contributed by atoms with Gasteiger partial charge in [-0.05, 0) is 29.0 Å². The first kappa shape index (κ1) is 51.6. The Kier molecular flexibility index (Phi) is 23.7. The van der Waals surface area contributed by atoms with E-state index in [0.29, 0.717) is 72.6 Å². The third kappa shape index (κ3) is 19.4. The fraction of sp³-hybridized carbons (Fsp3) is 0.707. The summed E-state index contributed by atoms with van der Waals surface area (Å²) in [5.41, 5.74) is 17.0. The summed E-state index contributed by atoms with van der Waals surface area (Å²) in [6, 6.07) is 5.91. The van der Waals surface area contributed by atoms with E-state index in [4.69, 9.17) is 44.4 Å². The number of β-amino-alcohol motifs (C(OH)–C–C–N with tert-alkyl or cyclic N) is 1. The van der Waals surface area contributed by atoms with Crippen LogP contribution in [0.1, 0.15) is 45.4 Å². The van der Waals surface area contributed by atoms with E-state index in [1.165, 1.54) is 4.90 Å². The topological polar surface area (TPSA) is 251 Å². The summed E-state index contributed by atoms with van der Waals surface area (Å²) in [5.74, 6) is -1.38. The van der Waals surface area contributed by atoms with E-state index in [9.17, 15) is 19.5 Å². The Morgan fingerprint density at radius 1 is 0.918 bits per heavy atom. The molecule has 1 unspecified atom stereocenters. The summed E-state index contributed by atoms with van der Waals surface area (Å²) in [6.45, 7) is 14.1. The molecule has 1 aliphatic rings. The Morgan fingerprint density at radius 3 is 2.05 bits per heavy atom. The molecule has 0 saturated carbocycles. The lowest BCUT2D eigenvalue weighted by molar-refractivity contribution is -0.145. The molecule has 2 aromatic rings. The van der Waals surface area contributed by atoms with E-state index in [1.807, 2.05) is 58.9 Å². The standard InChI is InChI=1S/C41H66N8O11S/c1-30-36(61-29-45-30)32-8-6-31(7-9-32)23-44-38(52)34-22-33(50)24-49(34)39(53)37(40(2,3)4)47-35(51)25-60-28-41(5,26-58-20-18-56-16-14-54-12-10-42)27-59-21-19-57-17-15-55-13-11-46-48-43/h6-9,29,33-34,37,50H,10-28,42H2,1-5H3,(H,44,52)(H,47,51)/t33-,34+,37-,41?/m1/s1. The van der Waals surface area contributed by atoms with Crippen molar-refractivity contribution in [1.82, 2.24) is 20.5 Å². The molecular formula is C41H66N8O11S. The van der Waals surface area contributed by atoms with Crippen LogP contribution >= 0.6 is 11.3 Å². The van der Waals surface area contributed by atoms with Crippen LogP contribution in [0.5, 0.6) is 0 Å². The molecule has 1 fully saturated rings. The van der Waals surface area contributed by atoms with Crippen LogP contribution < -0.4 is 16.4 Å². The molecule has 0 bridgehead atoms. The number of carbonyl (C=O) groups excluding carboxylic acids is 3. The molecule has 1 aromatic heterocycles. The van der Waals surface area contributed by atoms with E-state index in [2.05, 4.69) is 25.6 Å². The number of thiazole rings is 1. The lowest BCUT2D eigenvalue weighted by atomic mass is 9.85. The predicted molar refractivity (Wildman–Crippen MR) is 229 cm³/mol. The summed E-state index contributed by atoms with van der Waals surface area (Å²) in [6.07, 6.45) is -0.819. The van der Waals surface area contributed by atoms with Crippen LogP contribution in [0.25, 0.3) is 20.9 Å². The number of aromatic nitrogens is 1. The Labute approximate surface area is 362 Å². The average Bonchev–Trinajstić information content (AvgIpc) is 3.85. The molecule has 1 saturated heterocycles. The summed E-state index contributed by atoms with van der Waals surface area (Å²) < 4.78 is 39.5. The number of nitrogens with one attached hydrogen (secondary N) is 2. The van der Waals surface area contributed by atoms with Crippen LogP contribution in [-0.2, 0) is 54.1 Å². The molecule has 5 N–H and O–H groups in total. The zero-order chi connectivity index (χ0) is 44.5. The zero-order valence-electron chi connectivity index (χ0n) is 36.3. The number of benzene rings is 1. The lowest BCUT2D eigenvalue weighted by Gasteiger charge is -2.35. The smallest absolute Gasteiger partial charge is 0.246 e. The summed E-state index contributed by atoms with van der Waals surface area (Å²) in [7, 11) is 0. The second-order valence-electron chi connectivity index (χ2n) is 16.0. The number of ether oxygens (including phenoxy) is 7. The number of aliphatic hydroxyl groups is 1. The SMILES string of the molecule is Cc1ncsc1-c1ccc(CNC(=O)[C@@H]2C[C@@H](O)CN2C(=O)[C@@H](NC(=O)COCC(C)(COCCOCCOCCN)COCCOCCOCCN=[N+]=[N-])C(C)(C)C)cc1. The van der Waals surface area contributed by atoms with Crippen LogP contribution in [0.4, 0.5) is 0 Å². The van der Waals surface area contributed by atoms with Gasteiger partial charge in [0.05, 0.1) is 108 Å². The van der Waals surface area contributed by atoms with Crippen LogP contribution in [0.3, 0.4) is 0 Å². The number of rotatable bonds is 31. The van der Waals surface area contributed by atoms with Crippen LogP contribution in [0, 0.1) is 17.8 Å². The number of aryl methyl sites for hydroxylation is 1. The van der Waals surface area contributed by atoms with E-state index in [0.717, 1.165) is 21.7 Å². The number of carbonyl (C=O) groups is 3. The molecule has 0 aliphatic carbocycles. The molecule has 0 radical (unpaired) electrons. The molecule has 19 nitrogen and oxygen atoms in total. The van der Waals surface area contributed by atoms with E-state index in [1.54, 1.807) is 16.8 Å². The van der Waals surface area contributed by atoms with Gasteiger partial charge in [-0.2, -0.15) is 0 Å². The highest BCUT2D eigenvalue weighted by molar-refractivity contribution is 7.13. The number of hydrogen-bond acceptors (Lipinski definition) is 15. The fourth-order valence-electron chi connectivity index (χ4n) is 6.25. The quantitative estimate of drug-likeness (QED) is 0.0369. The number of nitrogens with two attached hydrogens (primary N) is 1. The van der Waals surface area contributed by atoms with Crippen molar-refractivity contribution in [3.63, 3.8) is 0 Å². The summed E-state index contributed by atoms with van der Waals surface area (Å²) in [5, 5.41) is 19.8. The molecule has 61 heavy (non-hydrogen) atoms. The van der Waals surface area contributed by atoms with Gasteiger partial charge in [-0.1, -0.05) is 57.1 Å². The predicted octanol–water partition coefficient (Wildman–Crippen LogP) is 2.62. The third-order valence-corrected chi connectivity index (χ3v) is 10.4. The van der Waals surface area contributed by atoms with Crippen molar-refractivity contribution in [2.45, 2.75) is 65.8 Å². The molecule has 4 atom stereocenters. The summed E-state index contributed by atoms with van der Waals surface area (Å²) in [4.78, 5) is 50.4. The van der Waals surface area contributed by atoms with Crippen molar-refractivity contribution in [2.24, 2.45) is 21.7 Å². The van der Waals surface area contributed by atoms with Crippen molar-refractivity contribution < 1.29 is 52.6 Å². The van der Waals surface area contributed by atoms with Crippen molar-refractivity contribution in [3.8, 4) is 10.4 Å². The number of aliphatic hydroxyl groups excluding tert-OH is 1. The maximum atomic E-state index is 14.1. The lowest BCUT2D eigenvalue weighted by Crippen LogP contribution is -2.58. The van der Waals surface area contributed by atoms with Crippen LogP contribution in [0.2, 0.25) is 0 Å². The highest BCUT2D eigenvalue weighted by Crippen LogP contribution is 2.28. The first-order valence-corrected chi connectivity index (χ1v) is 21.5. The highest BCUT2D eigenvalue weighted by Gasteiger charge is 2.44. The molecule has 20 heteroatoms. The van der Waals surface area contributed by atoms with Crippen molar-refractivity contribution in [1.29, 1.82) is 0 Å². The largest absolute Gasteiger partial charge is 0.391 e. The molecule has 1 aromatic carbocycles. The molecule has 2 heterocycles. The molecule has 3 amide bonds. The maximum Gasteiger partial charge on any atom is 0.246 e. The zero-order valence-corrected chi connectivity index (χ0v) is 37.1. The van der Waals surface area contributed by atoms with Gasteiger partial charge in [0.1, 0.15) is 18.7 Å². The monoisotopic (exact) mass is 878 g/mol. The van der Waals surface area contributed by atoms with E-state index >= 15 is 0 Å². The molecule has 1 aliphatic heterocycles. The average molecular weight is 879 g/mol.